The molecule has 5 aromatic rings. The van der Waals surface area contributed by atoms with E-state index in [0.29, 0.717) is 12.4 Å². The average Bonchev–Trinajstić information content (AvgIpc) is 3.29. The van der Waals surface area contributed by atoms with Gasteiger partial charge in [0, 0.05) is 11.9 Å². The molecule has 0 amide bonds. The van der Waals surface area contributed by atoms with E-state index < -0.39 is 0 Å². The standard InChI is InChI=1S/C22H20N6O/c1-14-15(2)27(12-16-8-6-7-11-23-16)21-19(14)22-25-20(26-28(22)13-24-21)17-9-4-5-10-18(17)29-3/h4-11,13H,12H2,1-3H3. The third kappa shape index (κ3) is 2.74. The van der Waals surface area contributed by atoms with Crippen LogP contribution < -0.4 is 4.74 Å². The molecule has 144 valence electrons. The van der Waals surface area contributed by atoms with E-state index in [0.717, 1.165) is 44.9 Å². The third-order valence-corrected chi connectivity index (χ3v) is 5.34. The second-order valence-corrected chi connectivity index (χ2v) is 6.96. The van der Waals surface area contributed by atoms with Gasteiger partial charge in [-0.25, -0.2) is 14.5 Å². The summed E-state index contributed by atoms with van der Waals surface area (Å²) in [5, 5.41) is 5.66. The first kappa shape index (κ1) is 17.4. The molecule has 0 aliphatic heterocycles. The van der Waals surface area contributed by atoms with Gasteiger partial charge in [0.2, 0.25) is 0 Å². The number of nitrogens with zero attached hydrogens (tertiary/aromatic N) is 6. The number of aromatic nitrogens is 6. The minimum Gasteiger partial charge on any atom is -0.496 e. The topological polar surface area (TPSA) is 70.1 Å². The summed E-state index contributed by atoms with van der Waals surface area (Å²) in [6, 6.07) is 13.7. The highest BCUT2D eigenvalue weighted by Crippen LogP contribution is 2.31. The first-order valence-electron chi connectivity index (χ1n) is 9.41. The highest BCUT2D eigenvalue weighted by molar-refractivity contribution is 5.94. The van der Waals surface area contributed by atoms with Gasteiger partial charge in [-0.15, -0.1) is 5.10 Å². The zero-order valence-electron chi connectivity index (χ0n) is 16.5. The van der Waals surface area contributed by atoms with E-state index in [2.05, 4.69) is 28.5 Å². The van der Waals surface area contributed by atoms with Crippen molar-refractivity contribution >= 4 is 16.7 Å². The molecule has 1 aromatic carbocycles. The third-order valence-electron chi connectivity index (χ3n) is 5.34. The Labute approximate surface area is 167 Å². The van der Waals surface area contributed by atoms with Crippen LogP contribution in [0, 0.1) is 13.8 Å². The fourth-order valence-corrected chi connectivity index (χ4v) is 3.72. The minimum atomic E-state index is 0.617. The van der Waals surface area contributed by atoms with Crippen molar-refractivity contribution in [3.8, 4) is 17.1 Å². The van der Waals surface area contributed by atoms with Gasteiger partial charge in [-0.05, 0) is 43.7 Å². The van der Waals surface area contributed by atoms with Crippen molar-refractivity contribution in [3.63, 3.8) is 0 Å². The van der Waals surface area contributed by atoms with Gasteiger partial charge < -0.3 is 9.30 Å². The summed E-state index contributed by atoms with van der Waals surface area (Å²) in [7, 11) is 1.65. The van der Waals surface area contributed by atoms with Crippen molar-refractivity contribution < 1.29 is 4.74 Å². The predicted molar refractivity (Wildman–Crippen MR) is 111 cm³/mol. The molecule has 0 unspecified atom stereocenters. The SMILES string of the molecule is COc1ccccc1-c1nc2c3c(C)c(C)n(Cc4ccccn4)c3ncn2n1. The Bertz CT molecular complexity index is 1340. The van der Waals surface area contributed by atoms with Gasteiger partial charge in [0.15, 0.2) is 11.5 Å². The Morgan fingerprint density at radius 1 is 0.966 bits per heavy atom. The molecular weight excluding hydrogens is 364 g/mol. The van der Waals surface area contributed by atoms with E-state index >= 15 is 0 Å². The second-order valence-electron chi connectivity index (χ2n) is 6.96. The lowest BCUT2D eigenvalue weighted by Gasteiger charge is -2.07. The molecule has 0 bridgehead atoms. The lowest BCUT2D eigenvalue weighted by molar-refractivity contribution is 0.416. The van der Waals surface area contributed by atoms with E-state index in [4.69, 9.17) is 14.7 Å². The highest BCUT2D eigenvalue weighted by atomic mass is 16.5. The number of ether oxygens (including phenoxy) is 1. The zero-order valence-corrected chi connectivity index (χ0v) is 16.5. The summed E-state index contributed by atoms with van der Waals surface area (Å²) in [6.07, 6.45) is 3.53. The summed E-state index contributed by atoms with van der Waals surface area (Å²) in [6.45, 7) is 4.87. The fourth-order valence-electron chi connectivity index (χ4n) is 3.72. The lowest BCUT2D eigenvalue weighted by atomic mass is 10.2. The summed E-state index contributed by atoms with van der Waals surface area (Å²) in [5.41, 5.74) is 5.81. The monoisotopic (exact) mass is 384 g/mol. The number of methoxy groups -OCH3 is 1. The second kappa shape index (κ2) is 6.70. The van der Waals surface area contributed by atoms with Crippen molar-refractivity contribution in [1.82, 2.24) is 29.1 Å². The van der Waals surface area contributed by atoms with Crippen LogP contribution in [-0.2, 0) is 6.54 Å². The number of pyridine rings is 1. The number of rotatable bonds is 4. The first-order valence-corrected chi connectivity index (χ1v) is 9.41. The van der Waals surface area contributed by atoms with E-state index in [1.54, 1.807) is 18.0 Å². The molecule has 0 atom stereocenters. The van der Waals surface area contributed by atoms with E-state index in [1.165, 1.54) is 0 Å². The molecule has 0 aliphatic rings. The number of aryl methyl sites for hydroxylation is 1. The highest BCUT2D eigenvalue weighted by Gasteiger charge is 2.19. The average molecular weight is 384 g/mol. The number of hydrogen-bond acceptors (Lipinski definition) is 5. The number of benzene rings is 1. The van der Waals surface area contributed by atoms with Crippen molar-refractivity contribution in [1.29, 1.82) is 0 Å². The molecule has 0 aliphatic carbocycles. The van der Waals surface area contributed by atoms with Gasteiger partial charge >= 0.3 is 0 Å². The molecule has 0 spiro atoms. The van der Waals surface area contributed by atoms with Crippen LogP contribution in [-0.4, -0.2) is 36.2 Å². The Kier molecular flexibility index (Phi) is 4.01. The van der Waals surface area contributed by atoms with Crippen LogP contribution in [0.5, 0.6) is 5.75 Å². The van der Waals surface area contributed by atoms with Crippen LogP contribution in [0.4, 0.5) is 0 Å². The van der Waals surface area contributed by atoms with Gasteiger partial charge in [0.25, 0.3) is 0 Å². The molecule has 4 heterocycles. The quantitative estimate of drug-likeness (QED) is 0.471. The molecule has 29 heavy (non-hydrogen) atoms. The summed E-state index contributed by atoms with van der Waals surface area (Å²) in [4.78, 5) is 14.0. The van der Waals surface area contributed by atoms with Crippen LogP contribution in [0.1, 0.15) is 17.0 Å². The van der Waals surface area contributed by atoms with Gasteiger partial charge in [-0.3, -0.25) is 4.98 Å². The van der Waals surface area contributed by atoms with Gasteiger partial charge in [-0.1, -0.05) is 18.2 Å². The molecule has 0 fully saturated rings. The first-order chi connectivity index (χ1) is 14.2. The van der Waals surface area contributed by atoms with Crippen molar-refractivity contribution in [2.24, 2.45) is 0 Å². The molecule has 0 radical (unpaired) electrons. The summed E-state index contributed by atoms with van der Waals surface area (Å²) >= 11 is 0. The molecule has 5 rings (SSSR count). The van der Waals surface area contributed by atoms with Crippen LogP contribution in [0.3, 0.4) is 0 Å². The Morgan fingerprint density at radius 3 is 2.59 bits per heavy atom. The fraction of sp³-hybridized carbons (Fsp3) is 0.182. The van der Waals surface area contributed by atoms with Gasteiger partial charge in [0.05, 0.1) is 30.3 Å². The minimum absolute atomic E-state index is 0.617. The number of hydrogen-bond donors (Lipinski definition) is 0. The van der Waals surface area contributed by atoms with Crippen LogP contribution in [0.2, 0.25) is 0 Å². The van der Waals surface area contributed by atoms with Crippen LogP contribution in [0.25, 0.3) is 28.1 Å². The molecule has 7 nitrogen and oxygen atoms in total. The van der Waals surface area contributed by atoms with Gasteiger partial charge in [0.1, 0.15) is 17.7 Å². The van der Waals surface area contributed by atoms with Crippen molar-refractivity contribution in [3.05, 3.63) is 71.9 Å². The largest absolute Gasteiger partial charge is 0.496 e. The number of fused-ring (bicyclic) bond motifs is 3. The molecule has 7 heteroatoms. The number of para-hydroxylation sites is 1. The molecule has 0 saturated carbocycles. The predicted octanol–water partition coefficient (Wildman–Crippen LogP) is 3.81. The maximum Gasteiger partial charge on any atom is 0.185 e. The normalized spacial score (nSPS) is 11.4. The molecular formula is C22H20N6O. The zero-order chi connectivity index (χ0) is 20.0. The Hall–Kier alpha value is -3.74. The van der Waals surface area contributed by atoms with E-state index in [-0.39, 0.29) is 0 Å². The summed E-state index contributed by atoms with van der Waals surface area (Å²) in [5.74, 6) is 1.36. The Morgan fingerprint density at radius 2 is 1.79 bits per heavy atom. The van der Waals surface area contributed by atoms with Gasteiger partial charge in [-0.2, -0.15) is 0 Å². The van der Waals surface area contributed by atoms with Crippen molar-refractivity contribution in [2.45, 2.75) is 20.4 Å². The van der Waals surface area contributed by atoms with Crippen LogP contribution in [0.15, 0.2) is 55.0 Å². The van der Waals surface area contributed by atoms with E-state index in [1.807, 2.05) is 48.7 Å². The van der Waals surface area contributed by atoms with E-state index in [9.17, 15) is 0 Å². The maximum absolute atomic E-state index is 5.48. The Balaban J connectivity index is 1.71. The van der Waals surface area contributed by atoms with Crippen LogP contribution >= 0.6 is 0 Å². The van der Waals surface area contributed by atoms with Crippen molar-refractivity contribution in [2.75, 3.05) is 7.11 Å². The molecule has 0 saturated heterocycles. The summed E-state index contributed by atoms with van der Waals surface area (Å²) < 4.78 is 9.40. The maximum atomic E-state index is 5.48. The molecule has 0 N–H and O–H groups in total. The smallest absolute Gasteiger partial charge is 0.185 e. The lowest BCUT2D eigenvalue weighted by Crippen LogP contribution is -2.04. The molecule has 4 aromatic heterocycles.